The van der Waals surface area contributed by atoms with Gasteiger partial charge in [0.2, 0.25) is 0 Å². The van der Waals surface area contributed by atoms with Crippen molar-refractivity contribution in [2.75, 3.05) is 0 Å². The summed E-state index contributed by atoms with van der Waals surface area (Å²) in [6.45, 7) is 7.06. The molecule has 1 aliphatic carbocycles. The Bertz CT molecular complexity index is 326. The third-order valence-electron chi connectivity index (χ3n) is 4.20. The van der Waals surface area contributed by atoms with E-state index in [1.807, 2.05) is 0 Å². The fraction of sp³-hybridized carbons (Fsp3) is 0.714. The maximum Gasteiger partial charge on any atom is 0.0418 e. The normalized spacial score (nSPS) is 31.6. The SMILES string of the molecule is CC(C)(C)C1CCC(N)(c2ccsc2)CC1. The molecule has 1 nitrogen and oxygen atoms in total. The molecule has 2 heteroatoms. The molecule has 1 saturated carbocycles. The number of hydrogen-bond donors (Lipinski definition) is 1. The summed E-state index contributed by atoms with van der Waals surface area (Å²) in [6, 6.07) is 2.20. The van der Waals surface area contributed by atoms with Crippen molar-refractivity contribution >= 4 is 11.3 Å². The van der Waals surface area contributed by atoms with E-state index in [0.717, 1.165) is 18.8 Å². The highest BCUT2D eigenvalue weighted by molar-refractivity contribution is 7.08. The van der Waals surface area contributed by atoms with Gasteiger partial charge in [0.15, 0.2) is 0 Å². The Kier molecular flexibility index (Phi) is 3.15. The van der Waals surface area contributed by atoms with E-state index < -0.39 is 0 Å². The lowest BCUT2D eigenvalue weighted by Crippen LogP contribution is -2.42. The maximum atomic E-state index is 6.54. The largest absolute Gasteiger partial charge is 0.321 e. The van der Waals surface area contributed by atoms with Crippen LogP contribution in [0.4, 0.5) is 0 Å². The molecule has 0 unspecified atom stereocenters. The Morgan fingerprint density at radius 2 is 1.94 bits per heavy atom. The van der Waals surface area contributed by atoms with Gasteiger partial charge in [-0.25, -0.2) is 0 Å². The van der Waals surface area contributed by atoms with Gasteiger partial charge in [0, 0.05) is 5.54 Å². The first-order valence-electron chi connectivity index (χ1n) is 6.23. The second-order valence-electron chi connectivity index (χ2n) is 6.31. The average Bonchev–Trinajstić information content (AvgIpc) is 2.70. The second-order valence-corrected chi connectivity index (χ2v) is 7.09. The summed E-state index contributed by atoms with van der Waals surface area (Å²) in [4.78, 5) is 0. The summed E-state index contributed by atoms with van der Waals surface area (Å²) in [7, 11) is 0. The highest BCUT2D eigenvalue weighted by Crippen LogP contribution is 2.44. The van der Waals surface area contributed by atoms with Crippen LogP contribution in [0.2, 0.25) is 0 Å². The molecule has 0 atom stereocenters. The fourth-order valence-electron chi connectivity index (χ4n) is 2.84. The van der Waals surface area contributed by atoms with Gasteiger partial charge < -0.3 is 5.73 Å². The van der Waals surface area contributed by atoms with Gasteiger partial charge in [0.1, 0.15) is 0 Å². The summed E-state index contributed by atoms with van der Waals surface area (Å²) >= 11 is 1.76. The van der Waals surface area contributed by atoms with Crippen molar-refractivity contribution < 1.29 is 0 Å². The quantitative estimate of drug-likeness (QED) is 0.780. The molecule has 0 amide bonds. The molecule has 90 valence electrons. The van der Waals surface area contributed by atoms with E-state index in [2.05, 4.69) is 37.6 Å². The molecule has 0 spiro atoms. The lowest BCUT2D eigenvalue weighted by atomic mass is 9.66. The van der Waals surface area contributed by atoms with E-state index in [-0.39, 0.29) is 5.54 Å². The number of nitrogens with two attached hydrogens (primary N) is 1. The molecular formula is C14H23NS. The molecular weight excluding hydrogens is 214 g/mol. The lowest BCUT2D eigenvalue weighted by Gasteiger charge is -2.42. The molecule has 1 aliphatic rings. The fourth-order valence-corrected chi connectivity index (χ4v) is 3.60. The molecule has 0 saturated heterocycles. The van der Waals surface area contributed by atoms with Crippen molar-refractivity contribution in [1.82, 2.24) is 0 Å². The minimum absolute atomic E-state index is 0.0399. The van der Waals surface area contributed by atoms with Gasteiger partial charge in [0.25, 0.3) is 0 Å². The van der Waals surface area contributed by atoms with Crippen molar-refractivity contribution in [2.45, 2.75) is 52.0 Å². The van der Waals surface area contributed by atoms with Crippen molar-refractivity contribution in [3.8, 4) is 0 Å². The molecule has 0 radical (unpaired) electrons. The molecule has 2 N–H and O–H groups in total. The van der Waals surface area contributed by atoms with Crippen LogP contribution in [0.5, 0.6) is 0 Å². The molecule has 0 aromatic carbocycles. The predicted molar refractivity (Wildman–Crippen MR) is 71.6 cm³/mol. The third kappa shape index (κ3) is 2.33. The van der Waals surface area contributed by atoms with E-state index in [1.54, 1.807) is 11.3 Å². The summed E-state index contributed by atoms with van der Waals surface area (Å²) in [5.41, 5.74) is 8.29. The van der Waals surface area contributed by atoms with Crippen molar-refractivity contribution in [2.24, 2.45) is 17.1 Å². The lowest BCUT2D eigenvalue weighted by molar-refractivity contribution is 0.134. The molecule has 16 heavy (non-hydrogen) atoms. The van der Waals surface area contributed by atoms with Gasteiger partial charge in [-0.3, -0.25) is 0 Å². The number of hydrogen-bond acceptors (Lipinski definition) is 2. The van der Waals surface area contributed by atoms with E-state index >= 15 is 0 Å². The van der Waals surface area contributed by atoms with Gasteiger partial charge in [-0.05, 0) is 59.4 Å². The first kappa shape index (κ1) is 12.1. The van der Waals surface area contributed by atoms with Crippen LogP contribution in [-0.2, 0) is 5.54 Å². The molecule has 1 fully saturated rings. The van der Waals surface area contributed by atoms with Crippen LogP contribution in [0.1, 0.15) is 52.0 Å². The van der Waals surface area contributed by atoms with Crippen LogP contribution in [-0.4, -0.2) is 0 Å². The van der Waals surface area contributed by atoms with Crippen LogP contribution >= 0.6 is 11.3 Å². The summed E-state index contributed by atoms with van der Waals surface area (Å²) < 4.78 is 0. The van der Waals surface area contributed by atoms with Crippen LogP contribution in [0.15, 0.2) is 16.8 Å². The Labute approximate surface area is 103 Å². The van der Waals surface area contributed by atoms with Crippen molar-refractivity contribution in [3.63, 3.8) is 0 Å². The van der Waals surface area contributed by atoms with Crippen LogP contribution in [0.25, 0.3) is 0 Å². The van der Waals surface area contributed by atoms with Gasteiger partial charge in [-0.15, -0.1) is 0 Å². The molecule has 1 aromatic rings. The van der Waals surface area contributed by atoms with Gasteiger partial charge in [0.05, 0.1) is 0 Å². The zero-order valence-corrected chi connectivity index (χ0v) is 11.4. The van der Waals surface area contributed by atoms with Crippen molar-refractivity contribution in [1.29, 1.82) is 0 Å². The van der Waals surface area contributed by atoms with E-state index in [0.29, 0.717) is 5.41 Å². The minimum Gasteiger partial charge on any atom is -0.321 e. The van der Waals surface area contributed by atoms with Crippen LogP contribution in [0.3, 0.4) is 0 Å². The minimum atomic E-state index is -0.0399. The molecule has 0 bridgehead atoms. The first-order valence-corrected chi connectivity index (χ1v) is 7.18. The topological polar surface area (TPSA) is 26.0 Å². The third-order valence-corrected chi connectivity index (χ3v) is 4.88. The summed E-state index contributed by atoms with van der Waals surface area (Å²) in [5.74, 6) is 0.836. The summed E-state index contributed by atoms with van der Waals surface area (Å²) in [5, 5.41) is 4.36. The number of thiophene rings is 1. The molecule has 1 heterocycles. The number of rotatable bonds is 1. The van der Waals surface area contributed by atoms with Crippen LogP contribution in [0, 0.1) is 11.3 Å². The molecule has 0 aliphatic heterocycles. The van der Waals surface area contributed by atoms with Crippen molar-refractivity contribution in [3.05, 3.63) is 22.4 Å². The van der Waals surface area contributed by atoms with E-state index in [9.17, 15) is 0 Å². The van der Waals surface area contributed by atoms with Gasteiger partial charge >= 0.3 is 0 Å². The Hall–Kier alpha value is -0.340. The monoisotopic (exact) mass is 237 g/mol. The first-order chi connectivity index (χ1) is 7.42. The Balaban J connectivity index is 2.05. The smallest absolute Gasteiger partial charge is 0.0418 e. The standard InChI is InChI=1S/C14H23NS/c1-13(2,3)11-4-7-14(15,8-5-11)12-6-9-16-10-12/h6,9-11H,4-5,7-8,15H2,1-3H3. The van der Waals surface area contributed by atoms with Crippen LogP contribution < -0.4 is 5.73 Å². The average molecular weight is 237 g/mol. The zero-order valence-electron chi connectivity index (χ0n) is 10.6. The van der Waals surface area contributed by atoms with Gasteiger partial charge in [-0.2, -0.15) is 11.3 Å². The van der Waals surface area contributed by atoms with Gasteiger partial charge in [-0.1, -0.05) is 20.8 Å². The zero-order chi connectivity index (χ0) is 11.8. The molecule has 2 rings (SSSR count). The Morgan fingerprint density at radius 1 is 1.31 bits per heavy atom. The maximum absolute atomic E-state index is 6.54. The molecule has 1 aromatic heterocycles. The predicted octanol–water partition coefficient (Wildman–Crippen LogP) is 4.14. The summed E-state index contributed by atoms with van der Waals surface area (Å²) in [6.07, 6.45) is 4.84. The Morgan fingerprint density at radius 3 is 2.38 bits per heavy atom. The van der Waals surface area contributed by atoms with E-state index in [1.165, 1.54) is 18.4 Å². The highest BCUT2D eigenvalue weighted by atomic mass is 32.1. The highest BCUT2D eigenvalue weighted by Gasteiger charge is 2.37. The second kappa shape index (κ2) is 4.15. The van der Waals surface area contributed by atoms with E-state index in [4.69, 9.17) is 5.73 Å².